The molecule has 6 heteroatoms. The molecule has 1 aliphatic rings. The molecule has 1 N–H and O–H groups in total. The fraction of sp³-hybridized carbons (Fsp3) is 0.333. The maximum Gasteiger partial charge on any atom is 0.170 e. The number of aryl methyl sites for hydroxylation is 1. The van der Waals surface area contributed by atoms with Crippen LogP contribution in [0.4, 0.5) is 0 Å². The van der Waals surface area contributed by atoms with Crippen LogP contribution < -0.4 is 5.32 Å². The zero-order valence-corrected chi connectivity index (χ0v) is 18.6. The SMILES string of the molecule is Cc1ccc([C@@H]2[C@H](c3ccccn3)NC(=S)N2CCCN(C)C)n1-c1ccccc1. The Kier molecular flexibility index (Phi) is 6.16. The van der Waals surface area contributed by atoms with Gasteiger partial charge >= 0.3 is 0 Å². The van der Waals surface area contributed by atoms with Gasteiger partial charge in [0.2, 0.25) is 0 Å². The third kappa shape index (κ3) is 4.11. The van der Waals surface area contributed by atoms with Crippen LogP contribution in [0, 0.1) is 6.92 Å². The van der Waals surface area contributed by atoms with Crippen LogP contribution in [0.5, 0.6) is 0 Å². The molecule has 1 aliphatic heterocycles. The molecule has 5 nitrogen and oxygen atoms in total. The summed E-state index contributed by atoms with van der Waals surface area (Å²) in [5, 5.41) is 4.36. The minimum absolute atomic E-state index is 0.00909. The lowest BCUT2D eigenvalue weighted by Gasteiger charge is -2.29. The largest absolute Gasteiger partial charge is 0.352 e. The Morgan fingerprint density at radius 1 is 1.03 bits per heavy atom. The molecule has 3 aromatic rings. The summed E-state index contributed by atoms with van der Waals surface area (Å²) in [6.07, 6.45) is 2.90. The van der Waals surface area contributed by atoms with Gasteiger partial charge in [-0.1, -0.05) is 24.3 Å². The lowest BCUT2D eigenvalue weighted by molar-refractivity contribution is 0.286. The van der Waals surface area contributed by atoms with Crippen molar-refractivity contribution in [2.75, 3.05) is 27.2 Å². The van der Waals surface area contributed by atoms with Crippen LogP contribution in [0.25, 0.3) is 5.69 Å². The highest BCUT2D eigenvalue weighted by atomic mass is 32.1. The second-order valence-electron chi connectivity index (χ2n) is 8.05. The summed E-state index contributed by atoms with van der Waals surface area (Å²) in [5.74, 6) is 0. The molecule has 0 spiro atoms. The smallest absolute Gasteiger partial charge is 0.170 e. The molecule has 1 aromatic carbocycles. The molecule has 0 amide bonds. The molecular weight excluding hydrogens is 390 g/mol. The second kappa shape index (κ2) is 8.98. The van der Waals surface area contributed by atoms with Gasteiger partial charge < -0.3 is 19.7 Å². The Labute approximate surface area is 184 Å². The van der Waals surface area contributed by atoms with Gasteiger partial charge in [-0.3, -0.25) is 4.98 Å². The summed E-state index contributed by atoms with van der Waals surface area (Å²) >= 11 is 5.80. The van der Waals surface area contributed by atoms with E-state index in [0.29, 0.717) is 0 Å². The number of nitrogens with one attached hydrogen (secondary N) is 1. The summed E-state index contributed by atoms with van der Waals surface area (Å²) in [7, 11) is 4.22. The van der Waals surface area contributed by atoms with Crippen LogP contribution in [-0.4, -0.2) is 51.6 Å². The molecular formula is C24H29N5S. The monoisotopic (exact) mass is 419 g/mol. The van der Waals surface area contributed by atoms with Crippen LogP contribution in [0.2, 0.25) is 0 Å². The number of pyridine rings is 1. The average molecular weight is 420 g/mol. The summed E-state index contributed by atoms with van der Waals surface area (Å²) in [4.78, 5) is 9.21. The zero-order chi connectivity index (χ0) is 21.1. The van der Waals surface area contributed by atoms with Crippen LogP contribution in [0.1, 0.15) is 35.6 Å². The van der Waals surface area contributed by atoms with Crippen molar-refractivity contribution in [1.29, 1.82) is 0 Å². The first kappa shape index (κ1) is 20.6. The van der Waals surface area contributed by atoms with Gasteiger partial charge in [-0.05, 0) is 82.6 Å². The predicted molar refractivity (Wildman–Crippen MR) is 126 cm³/mol. The number of hydrogen-bond acceptors (Lipinski definition) is 3. The van der Waals surface area contributed by atoms with Gasteiger partial charge in [-0.2, -0.15) is 0 Å². The number of benzene rings is 1. The number of rotatable bonds is 7. The lowest BCUT2D eigenvalue weighted by atomic mass is 10.0. The molecule has 0 bridgehead atoms. The average Bonchev–Trinajstić information content (AvgIpc) is 3.29. The van der Waals surface area contributed by atoms with E-state index in [9.17, 15) is 0 Å². The summed E-state index contributed by atoms with van der Waals surface area (Å²) in [5.41, 5.74) is 4.62. The standard InChI is InChI=1S/C24H29N5S/c1-18-13-14-21(29(18)19-10-5-4-6-11-19)23-22(20-12-7-8-15-25-20)26-24(30)28(23)17-9-16-27(2)3/h4-8,10-15,22-23H,9,16-17H2,1-3H3,(H,26,30)/t22-,23+/m0/s1. The molecule has 3 heterocycles. The van der Waals surface area contributed by atoms with E-state index in [1.807, 2.05) is 18.3 Å². The normalized spacial score (nSPS) is 18.8. The van der Waals surface area contributed by atoms with Crippen molar-refractivity contribution < 1.29 is 0 Å². The molecule has 4 rings (SSSR count). The van der Waals surface area contributed by atoms with Gasteiger partial charge in [0.25, 0.3) is 0 Å². The van der Waals surface area contributed by atoms with Crippen LogP contribution in [-0.2, 0) is 0 Å². The first-order valence-corrected chi connectivity index (χ1v) is 10.8. The van der Waals surface area contributed by atoms with Crippen molar-refractivity contribution in [3.8, 4) is 5.69 Å². The van der Waals surface area contributed by atoms with Crippen LogP contribution in [0.3, 0.4) is 0 Å². The number of hydrogen-bond donors (Lipinski definition) is 1. The van der Waals surface area contributed by atoms with Crippen LogP contribution in [0.15, 0.2) is 66.9 Å². The minimum atomic E-state index is 0.00909. The quantitative estimate of drug-likeness (QED) is 0.584. The Morgan fingerprint density at radius 3 is 2.50 bits per heavy atom. The maximum absolute atomic E-state index is 5.80. The summed E-state index contributed by atoms with van der Waals surface area (Å²) in [6.45, 7) is 4.08. The van der Waals surface area contributed by atoms with Crippen molar-refractivity contribution >= 4 is 17.3 Å². The van der Waals surface area contributed by atoms with Gasteiger partial charge in [0, 0.05) is 29.8 Å². The van der Waals surface area contributed by atoms with Crippen molar-refractivity contribution in [2.45, 2.75) is 25.4 Å². The van der Waals surface area contributed by atoms with E-state index in [1.54, 1.807) is 0 Å². The van der Waals surface area contributed by atoms with E-state index in [2.05, 4.69) is 94.2 Å². The minimum Gasteiger partial charge on any atom is -0.352 e. The molecule has 0 saturated carbocycles. The molecule has 0 unspecified atom stereocenters. The zero-order valence-electron chi connectivity index (χ0n) is 17.8. The Balaban J connectivity index is 1.77. The van der Waals surface area contributed by atoms with Gasteiger partial charge in [0.05, 0.1) is 17.8 Å². The van der Waals surface area contributed by atoms with E-state index in [1.165, 1.54) is 17.1 Å². The third-order valence-electron chi connectivity index (χ3n) is 5.63. The van der Waals surface area contributed by atoms with E-state index >= 15 is 0 Å². The van der Waals surface area contributed by atoms with Gasteiger partial charge in [-0.15, -0.1) is 0 Å². The molecule has 1 fully saturated rings. The van der Waals surface area contributed by atoms with Gasteiger partial charge in [0.15, 0.2) is 5.11 Å². The molecule has 1 saturated heterocycles. The van der Waals surface area contributed by atoms with E-state index < -0.39 is 0 Å². The maximum atomic E-state index is 5.80. The number of aromatic nitrogens is 2. The first-order valence-electron chi connectivity index (χ1n) is 10.4. The molecule has 0 radical (unpaired) electrons. The van der Waals surface area contributed by atoms with Crippen molar-refractivity contribution in [3.05, 3.63) is 83.9 Å². The Hall–Kier alpha value is -2.70. The predicted octanol–water partition coefficient (Wildman–Crippen LogP) is 4.10. The number of para-hydroxylation sites is 1. The molecule has 156 valence electrons. The first-order chi connectivity index (χ1) is 14.6. The highest BCUT2D eigenvalue weighted by Crippen LogP contribution is 2.40. The van der Waals surface area contributed by atoms with E-state index in [4.69, 9.17) is 12.2 Å². The summed E-state index contributed by atoms with van der Waals surface area (Å²) < 4.78 is 2.34. The number of nitrogens with zero attached hydrogens (tertiary/aromatic N) is 4. The molecule has 2 atom stereocenters. The van der Waals surface area contributed by atoms with Gasteiger partial charge in [-0.25, -0.2) is 0 Å². The summed E-state index contributed by atoms with van der Waals surface area (Å²) in [6, 6.07) is 21.1. The van der Waals surface area contributed by atoms with E-state index in [-0.39, 0.29) is 12.1 Å². The fourth-order valence-corrected chi connectivity index (χ4v) is 4.58. The highest BCUT2D eigenvalue weighted by molar-refractivity contribution is 7.80. The Morgan fingerprint density at radius 2 is 1.80 bits per heavy atom. The molecule has 30 heavy (non-hydrogen) atoms. The number of thiocarbonyl (C=S) groups is 1. The third-order valence-corrected chi connectivity index (χ3v) is 5.98. The lowest BCUT2D eigenvalue weighted by Crippen LogP contribution is -2.33. The topological polar surface area (TPSA) is 36.3 Å². The second-order valence-corrected chi connectivity index (χ2v) is 8.43. The van der Waals surface area contributed by atoms with Crippen molar-refractivity contribution in [3.63, 3.8) is 0 Å². The van der Waals surface area contributed by atoms with E-state index in [0.717, 1.165) is 30.3 Å². The Bertz CT molecular complexity index is 983. The fourth-order valence-electron chi connectivity index (χ4n) is 4.24. The molecule has 2 aromatic heterocycles. The van der Waals surface area contributed by atoms with Crippen molar-refractivity contribution in [1.82, 2.24) is 24.7 Å². The van der Waals surface area contributed by atoms with Crippen molar-refractivity contribution in [2.24, 2.45) is 0 Å². The van der Waals surface area contributed by atoms with Gasteiger partial charge in [0.1, 0.15) is 0 Å². The molecule has 0 aliphatic carbocycles. The highest BCUT2D eigenvalue weighted by Gasteiger charge is 2.41. The van der Waals surface area contributed by atoms with Crippen LogP contribution >= 0.6 is 12.2 Å².